The molecule has 3 aromatic rings. The average Bonchev–Trinajstić information content (AvgIpc) is 3.16. The molecule has 8 heteroatoms. The van der Waals surface area contributed by atoms with Gasteiger partial charge < -0.3 is 5.32 Å². The fourth-order valence-electron chi connectivity index (χ4n) is 2.61. The molecule has 0 fully saturated rings. The minimum Gasteiger partial charge on any atom is -0.323 e. The van der Waals surface area contributed by atoms with Crippen LogP contribution in [-0.4, -0.2) is 20.7 Å². The van der Waals surface area contributed by atoms with Gasteiger partial charge in [-0.25, -0.2) is 9.67 Å². The van der Waals surface area contributed by atoms with Crippen molar-refractivity contribution in [3.05, 3.63) is 72.3 Å². The Hall–Kier alpha value is -3.16. The monoisotopic (exact) mass is 374 g/mol. The number of alkyl halides is 3. The third kappa shape index (κ3) is 3.84. The summed E-state index contributed by atoms with van der Waals surface area (Å²) in [5, 5.41) is 6.56. The first-order valence-electron chi connectivity index (χ1n) is 8.13. The number of halogens is 3. The molecule has 0 saturated carbocycles. The molecule has 0 aliphatic heterocycles. The van der Waals surface area contributed by atoms with E-state index in [0.717, 1.165) is 17.7 Å². The van der Waals surface area contributed by atoms with Crippen LogP contribution in [0.3, 0.4) is 0 Å². The Labute approximate surface area is 153 Å². The zero-order chi connectivity index (χ0) is 19.7. The van der Waals surface area contributed by atoms with E-state index in [4.69, 9.17) is 0 Å². The van der Waals surface area contributed by atoms with Gasteiger partial charge in [0.25, 0.3) is 0 Å². The van der Waals surface area contributed by atoms with E-state index in [1.54, 1.807) is 38.1 Å². The summed E-state index contributed by atoms with van der Waals surface area (Å²) in [4.78, 5) is 16.7. The molecule has 0 atom stereocenters. The molecule has 0 aliphatic rings. The highest BCUT2D eigenvalue weighted by Crippen LogP contribution is 2.34. The molecular formula is C19H17F3N4O. The molecule has 2 aromatic carbocycles. The van der Waals surface area contributed by atoms with Crippen molar-refractivity contribution >= 4 is 11.6 Å². The number of anilines is 1. The summed E-state index contributed by atoms with van der Waals surface area (Å²) in [6.07, 6.45) is -1.92. The minimum atomic E-state index is -4.53. The summed E-state index contributed by atoms with van der Waals surface area (Å²) in [5.41, 5.74) is -0.771. The second-order valence-corrected chi connectivity index (χ2v) is 6.51. The number of nitrogens with one attached hydrogen (secondary N) is 1. The first-order valence-corrected chi connectivity index (χ1v) is 8.13. The Balaban J connectivity index is 2.00. The minimum absolute atomic E-state index is 0.00401. The highest BCUT2D eigenvalue weighted by Gasteiger charge is 2.33. The van der Waals surface area contributed by atoms with Crippen molar-refractivity contribution in [2.24, 2.45) is 0 Å². The van der Waals surface area contributed by atoms with Gasteiger partial charge in [0.2, 0.25) is 5.91 Å². The Bertz CT molecular complexity index is 935. The van der Waals surface area contributed by atoms with Crippen LogP contribution in [0.25, 0.3) is 5.69 Å². The number of amides is 1. The number of hydrogen-bond donors (Lipinski definition) is 1. The lowest BCUT2D eigenvalue weighted by Gasteiger charge is -2.25. The first-order chi connectivity index (χ1) is 12.7. The maximum atomic E-state index is 13.1. The molecule has 3 rings (SSSR count). The van der Waals surface area contributed by atoms with Crippen LogP contribution in [0.4, 0.5) is 18.9 Å². The Morgan fingerprint density at radius 2 is 1.74 bits per heavy atom. The van der Waals surface area contributed by atoms with E-state index in [9.17, 15) is 18.0 Å². The largest absolute Gasteiger partial charge is 0.416 e. The third-order valence-electron chi connectivity index (χ3n) is 4.30. The molecule has 1 N–H and O–H groups in total. The van der Waals surface area contributed by atoms with Gasteiger partial charge in [-0.05, 0) is 37.6 Å². The summed E-state index contributed by atoms with van der Waals surface area (Å²) >= 11 is 0. The number of aromatic nitrogens is 3. The number of nitrogens with zero attached hydrogens (tertiary/aromatic N) is 3. The molecule has 140 valence electrons. The van der Waals surface area contributed by atoms with Crippen molar-refractivity contribution in [3.8, 4) is 5.69 Å². The smallest absolute Gasteiger partial charge is 0.323 e. The van der Waals surface area contributed by atoms with Gasteiger partial charge in [0.05, 0.1) is 22.4 Å². The van der Waals surface area contributed by atoms with Crippen molar-refractivity contribution in [1.82, 2.24) is 14.8 Å². The number of rotatable bonds is 4. The fourth-order valence-corrected chi connectivity index (χ4v) is 2.61. The molecule has 5 nitrogen and oxygen atoms in total. The van der Waals surface area contributed by atoms with Gasteiger partial charge in [-0.3, -0.25) is 4.79 Å². The van der Waals surface area contributed by atoms with Crippen LogP contribution in [0.5, 0.6) is 0 Å². The van der Waals surface area contributed by atoms with Crippen LogP contribution in [0.1, 0.15) is 25.0 Å². The number of carbonyl (C=O) groups excluding carboxylic acids is 1. The van der Waals surface area contributed by atoms with Crippen molar-refractivity contribution in [3.63, 3.8) is 0 Å². The number of benzene rings is 2. The summed E-state index contributed by atoms with van der Waals surface area (Å²) in [7, 11) is 0. The second kappa shape index (κ2) is 6.86. The number of carbonyl (C=O) groups is 1. The van der Waals surface area contributed by atoms with Crippen LogP contribution >= 0.6 is 0 Å². The van der Waals surface area contributed by atoms with Crippen LogP contribution in [-0.2, 0) is 16.4 Å². The van der Waals surface area contributed by atoms with Gasteiger partial charge in [0.15, 0.2) is 0 Å². The van der Waals surface area contributed by atoms with Crippen LogP contribution in [0.15, 0.2) is 61.2 Å². The third-order valence-corrected chi connectivity index (χ3v) is 4.30. The maximum Gasteiger partial charge on any atom is 0.416 e. The van der Waals surface area contributed by atoms with Crippen molar-refractivity contribution < 1.29 is 18.0 Å². The fraction of sp³-hybridized carbons (Fsp3) is 0.211. The lowest BCUT2D eigenvalue weighted by atomic mass is 9.83. The van der Waals surface area contributed by atoms with Crippen LogP contribution in [0, 0.1) is 0 Å². The topological polar surface area (TPSA) is 59.8 Å². The molecular weight excluding hydrogens is 357 g/mol. The van der Waals surface area contributed by atoms with E-state index in [-0.39, 0.29) is 11.4 Å². The molecule has 1 heterocycles. The Morgan fingerprint density at radius 1 is 1.04 bits per heavy atom. The summed E-state index contributed by atoms with van der Waals surface area (Å²) in [6, 6.07) is 12.1. The van der Waals surface area contributed by atoms with Gasteiger partial charge in [0.1, 0.15) is 12.7 Å². The van der Waals surface area contributed by atoms with Crippen LogP contribution in [0.2, 0.25) is 0 Å². The Morgan fingerprint density at radius 3 is 2.33 bits per heavy atom. The van der Waals surface area contributed by atoms with E-state index < -0.39 is 23.1 Å². The number of hydrogen-bond acceptors (Lipinski definition) is 3. The molecule has 0 spiro atoms. The molecule has 0 aliphatic carbocycles. The predicted molar refractivity (Wildman–Crippen MR) is 94.5 cm³/mol. The predicted octanol–water partition coefficient (Wildman–Crippen LogP) is 4.20. The van der Waals surface area contributed by atoms with Gasteiger partial charge in [-0.2, -0.15) is 18.3 Å². The van der Waals surface area contributed by atoms with E-state index in [1.165, 1.54) is 23.4 Å². The normalized spacial score (nSPS) is 12.0. The van der Waals surface area contributed by atoms with Gasteiger partial charge in [-0.1, -0.05) is 30.3 Å². The lowest BCUT2D eigenvalue weighted by molar-refractivity contribution is -0.137. The van der Waals surface area contributed by atoms with Crippen molar-refractivity contribution in [2.45, 2.75) is 25.4 Å². The zero-order valence-electron chi connectivity index (χ0n) is 14.7. The van der Waals surface area contributed by atoms with Gasteiger partial charge in [-0.15, -0.1) is 0 Å². The van der Waals surface area contributed by atoms with E-state index in [0.29, 0.717) is 0 Å². The maximum absolute atomic E-state index is 13.1. The van der Waals surface area contributed by atoms with Gasteiger partial charge in [0, 0.05) is 0 Å². The summed E-state index contributed by atoms with van der Waals surface area (Å²) in [6.45, 7) is 3.42. The molecule has 0 bridgehead atoms. The first kappa shape index (κ1) is 18.6. The van der Waals surface area contributed by atoms with Crippen molar-refractivity contribution in [2.75, 3.05) is 5.32 Å². The SMILES string of the molecule is CC(C)(C(=O)Nc1cc(C(F)(F)F)ccc1-n1cncn1)c1ccccc1. The molecule has 0 unspecified atom stereocenters. The zero-order valence-corrected chi connectivity index (χ0v) is 14.7. The summed E-state index contributed by atoms with van der Waals surface area (Å²) < 4.78 is 40.7. The molecule has 0 saturated heterocycles. The van der Waals surface area contributed by atoms with E-state index in [1.807, 2.05) is 6.07 Å². The van der Waals surface area contributed by atoms with Crippen LogP contribution < -0.4 is 5.32 Å². The molecule has 1 amide bonds. The highest BCUT2D eigenvalue weighted by molar-refractivity contribution is 6.00. The van der Waals surface area contributed by atoms with E-state index in [2.05, 4.69) is 15.4 Å². The lowest BCUT2D eigenvalue weighted by Crippen LogP contribution is -2.35. The molecule has 27 heavy (non-hydrogen) atoms. The highest BCUT2D eigenvalue weighted by atomic mass is 19.4. The summed E-state index contributed by atoms with van der Waals surface area (Å²) in [5.74, 6) is -0.436. The average molecular weight is 374 g/mol. The van der Waals surface area contributed by atoms with E-state index >= 15 is 0 Å². The molecule has 1 aromatic heterocycles. The quantitative estimate of drug-likeness (QED) is 0.745. The molecule has 0 radical (unpaired) electrons. The Kier molecular flexibility index (Phi) is 4.73. The van der Waals surface area contributed by atoms with Gasteiger partial charge >= 0.3 is 6.18 Å². The van der Waals surface area contributed by atoms with Crippen molar-refractivity contribution in [1.29, 1.82) is 0 Å². The standard InChI is InChI=1S/C19H17F3N4O/c1-18(2,13-6-4-3-5-7-13)17(27)25-15-10-14(19(20,21)22)8-9-16(15)26-12-23-11-24-26/h3-12H,1-2H3,(H,25,27). The second-order valence-electron chi connectivity index (χ2n) is 6.51.